The molecule has 4 aliphatic heterocycles. The minimum absolute atomic E-state index is 0. The second-order valence-electron chi connectivity index (χ2n) is 5.73. The molecular formula is C18H26Br2N4O2. The van der Waals surface area contributed by atoms with Gasteiger partial charge in [0.25, 0.3) is 0 Å². The van der Waals surface area contributed by atoms with Gasteiger partial charge in [0.05, 0.1) is 13.2 Å². The van der Waals surface area contributed by atoms with Crippen LogP contribution in [0.3, 0.4) is 0 Å². The molecule has 0 fully saturated rings. The first-order valence-corrected chi connectivity index (χ1v) is 8.52. The predicted molar refractivity (Wildman–Crippen MR) is 91.9 cm³/mol. The van der Waals surface area contributed by atoms with Crippen LogP contribution >= 0.6 is 0 Å². The van der Waals surface area contributed by atoms with E-state index in [1.54, 1.807) is 0 Å². The summed E-state index contributed by atoms with van der Waals surface area (Å²) >= 11 is 0. The van der Waals surface area contributed by atoms with Gasteiger partial charge in [0, 0.05) is 48.7 Å². The number of aromatic nitrogens is 2. The molecule has 26 heavy (non-hydrogen) atoms. The Kier molecular flexibility index (Phi) is 11.4. The van der Waals surface area contributed by atoms with E-state index in [0.29, 0.717) is 26.4 Å². The maximum Gasteiger partial charge on any atom is 0.171 e. The van der Waals surface area contributed by atoms with Gasteiger partial charge in [-0.25, -0.2) is 9.13 Å². The molecule has 4 bridgehead atoms. The Hall–Kier alpha value is -1.22. The van der Waals surface area contributed by atoms with Crippen molar-refractivity contribution in [3.8, 4) is 0 Å². The molecule has 0 aromatic carbocycles. The van der Waals surface area contributed by atoms with Gasteiger partial charge in [0.15, 0.2) is 37.9 Å². The number of pyridine rings is 2. The summed E-state index contributed by atoms with van der Waals surface area (Å²) in [6, 6.07) is 8.32. The summed E-state index contributed by atoms with van der Waals surface area (Å²) in [5.41, 5.74) is 2.22. The average molecular weight is 490 g/mol. The lowest BCUT2D eigenvalue weighted by atomic mass is 10.4. The molecule has 2 aromatic heterocycles. The Morgan fingerprint density at radius 1 is 0.615 bits per heavy atom. The molecule has 0 saturated heterocycles. The molecular weight excluding hydrogens is 464 g/mol. The zero-order valence-electron chi connectivity index (χ0n) is 14.7. The lowest BCUT2D eigenvalue weighted by Crippen LogP contribution is -3.00. The van der Waals surface area contributed by atoms with E-state index in [0.717, 1.165) is 37.6 Å². The maximum absolute atomic E-state index is 5.73. The zero-order valence-corrected chi connectivity index (χ0v) is 17.9. The fourth-order valence-corrected chi connectivity index (χ4v) is 2.53. The minimum Gasteiger partial charge on any atom is -1.00 e. The van der Waals surface area contributed by atoms with Crippen molar-refractivity contribution in [3.63, 3.8) is 0 Å². The highest BCUT2D eigenvalue weighted by Crippen LogP contribution is 2.03. The van der Waals surface area contributed by atoms with E-state index in [9.17, 15) is 0 Å². The largest absolute Gasteiger partial charge is 1.00 e. The number of ether oxygens (including phenoxy) is 2. The van der Waals surface area contributed by atoms with Gasteiger partial charge >= 0.3 is 0 Å². The monoisotopic (exact) mass is 488 g/mol. The molecule has 6 nitrogen and oxygen atoms in total. The molecule has 2 N–H and O–H groups in total. The number of hydrogen-bond acceptors (Lipinski definition) is 4. The Balaban J connectivity index is 0.00000169. The number of nitrogens with one attached hydrogen (secondary N) is 2. The first kappa shape index (κ1) is 22.8. The molecule has 6 heterocycles. The summed E-state index contributed by atoms with van der Waals surface area (Å²) < 4.78 is 15.6. The summed E-state index contributed by atoms with van der Waals surface area (Å²) in [7, 11) is 0. The molecule has 0 radical (unpaired) electrons. The highest BCUT2D eigenvalue weighted by atomic mass is 79.9. The molecule has 8 heteroatoms. The first-order chi connectivity index (χ1) is 11.9. The second-order valence-corrected chi connectivity index (χ2v) is 5.73. The minimum atomic E-state index is 0. The van der Waals surface area contributed by atoms with Crippen molar-refractivity contribution in [1.29, 1.82) is 0 Å². The Morgan fingerprint density at radius 2 is 1.00 bits per heavy atom. The van der Waals surface area contributed by atoms with Crippen molar-refractivity contribution in [1.82, 2.24) is 0 Å². The van der Waals surface area contributed by atoms with Gasteiger partial charge < -0.3 is 54.1 Å². The molecule has 0 aliphatic carbocycles. The maximum atomic E-state index is 5.73. The number of hydrogen-bond donors (Lipinski definition) is 2. The van der Waals surface area contributed by atoms with E-state index in [1.165, 1.54) is 0 Å². The standard InChI is InChI=1S/C18H24N4O2.2BrH/c1-7-21-8-2-17(1)19-5-13-23-14-6-20-18-3-9-22(10-4-18)12-16-24-15-11-21;;/h1-4,7-10H,5-6,11-16H2;2*1H. The van der Waals surface area contributed by atoms with Crippen LogP contribution in [0.2, 0.25) is 0 Å². The van der Waals surface area contributed by atoms with Crippen molar-refractivity contribution in [3.05, 3.63) is 49.1 Å². The molecule has 0 amide bonds. The van der Waals surface area contributed by atoms with Crippen LogP contribution in [0, 0.1) is 0 Å². The van der Waals surface area contributed by atoms with E-state index >= 15 is 0 Å². The molecule has 0 unspecified atom stereocenters. The summed E-state index contributed by atoms with van der Waals surface area (Å²) in [5, 5.41) is 6.73. The van der Waals surface area contributed by atoms with Gasteiger partial charge in [0.1, 0.15) is 13.2 Å². The van der Waals surface area contributed by atoms with E-state index in [1.807, 2.05) is 0 Å². The SMILES string of the molecule is [Br-].[Br-].c1c[n+]2ccc1NCCOCCNc1cc[n+](cc1)CCOCC2. The van der Waals surface area contributed by atoms with Crippen LogP contribution in [0.25, 0.3) is 0 Å². The summed E-state index contributed by atoms with van der Waals surface area (Å²) in [4.78, 5) is 0. The van der Waals surface area contributed by atoms with Crippen LogP contribution in [0.4, 0.5) is 11.4 Å². The third-order valence-electron chi connectivity index (χ3n) is 3.92. The van der Waals surface area contributed by atoms with Crippen LogP contribution < -0.4 is 53.7 Å². The molecule has 144 valence electrons. The molecule has 0 atom stereocenters. The van der Waals surface area contributed by atoms with Crippen LogP contribution in [0.15, 0.2) is 49.1 Å². The lowest BCUT2D eigenvalue weighted by molar-refractivity contribution is -0.705. The Bertz CT molecular complexity index is 558. The highest BCUT2D eigenvalue weighted by Gasteiger charge is 2.04. The van der Waals surface area contributed by atoms with Gasteiger partial charge in [-0.3, -0.25) is 0 Å². The molecule has 0 saturated carbocycles. The summed E-state index contributed by atoms with van der Waals surface area (Å²) in [6.07, 6.45) is 8.29. The van der Waals surface area contributed by atoms with E-state index < -0.39 is 0 Å². The quantitative estimate of drug-likeness (QED) is 0.363. The average Bonchev–Trinajstić information content (AvgIpc) is 2.62. The van der Waals surface area contributed by atoms with Gasteiger partial charge in [-0.05, 0) is 0 Å². The Morgan fingerprint density at radius 3 is 1.42 bits per heavy atom. The summed E-state index contributed by atoms with van der Waals surface area (Å²) in [5.74, 6) is 0. The van der Waals surface area contributed by atoms with Crippen molar-refractivity contribution in [2.75, 3.05) is 50.2 Å². The van der Waals surface area contributed by atoms with Crippen molar-refractivity contribution >= 4 is 11.4 Å². The van der Waals surface area contributed by atoms with E-state index in [2.05, 4.69) is 68.8 Å². The van der Waals surface area contributed by atoms with Crippen LogP contribution in [-0.4, -0.2) is 39.5 Å². The van der Waals surface area contributed by atoms with E-state index in [-0.39, 0.29) is 34.0 Å². The van der Waals surface area contributed by atoms with Crippen LogP contribution in [0.5, 0.6) is 0 Å². The number of rotatable bonds is 0. The third kappa shape index (κ3) is 7.99. The molecule has 4 aliphatic rings. The van der Waals surface area contributed by atoms with Crippen molar-refractivity contribution in [2.45, 2.75) is 13.1 Å². The lowest BCUT2D eigenvalue weighted by Gasteiger charge is -2.09. The highest BCUT2D eigenvalue weighted by molar-refractivity contribution is 5.40. The van der Waals surface area contributed by atoms with Gasteiger partial charge in [0.2, 0.25) is 0 Å². The number of halogens is 2. The normalized spacial score (nSPS) is 15.7. The van der Waals surface area contributed by atoms with Crippen molar-refractivity contribution in [2.24, 2.45) is 0 Å². The van der Waals surface area contributed by atoms with Crippen LogP contribution in [0.1, 0.15) is 0 Å². The smallest absolute Gasteiger partial charge is 0.171 e. The molecule has 2 aromatic rings. The molecule has 6 rings (SSSR count). The van der Waals surface area contributed by atoms with Crippen molar-refractivity contribution < 1.29 is 52.6 Å². The second kappa shape index (κ2) is 13.0. The molecule has 0 spiro atoms. The van der Waals surface area contributed by atoms with Gasteiger partial charge in [-0.15, -0.1) is 0 Å². The van der Waals surface area contributed by atoms with Gasteiger partial charge in [-0.2, -0.15) is 0 Å². The first-order valence-electron chi connectivity index (χ1n) is 8.52. The fraction of sp³-hybridized carbons (Fsp3) is 0.444. The Labute approximate surface area is 176 Å². The number of nitrogens with zero attached hydrogens (tertiary/aromatic N) is 2. The zero-order chi connectivity index (χ0) is 16.5. The third-order valence-corrected chi connectivity index (χ3v) is 3.92. The fourth-order valence-electron chi connectivity index (χ4n) is 2.53. The van der Waals surface area contributed by atoms with E-state index in [4.69, 9.17) is 9.47 Å². The van der Waals surface area contributed by atoms with Gasteiger partial charge in [-0.1, -0.05) is 0 Å². The van der Waals surface area contributed by atoms with Crippen LogP contribution in [-0.2, 0) is 22.6 Å². The predicted octanol–water partition coefficient (Wildman–Crippen LogP) is -5.16. The number of anilines is 2. The summed E-state index contributed by atoms with van der Waals surface area (Å²) in [6.45, 7) is 6.14. The topological polar surface area (TPSA) is 50.3 Å².